The van der Waals surface area contributed by atoms with Crippen molar-refractivity contribution in [2.24, 2.45) is 0 Å². The highest BCUT2D eigenvalue weighted by Gasteiger charge is 1.88. The van der Waals surface area contributed by atoms with Crippen LogP contribution in [-0.4, -0.2) is 0 Å². The molecule has 0 aliphatic heterocycles. The minimum Gasteiger partial charge on any atom is -0.0885 e. The van der Waals surface area contributed by atoms with Crippen LogP contribution in [0.2, 0.25) is 0 Å². The monoisotopic (exact) mass is 235 g/mol. The summed E-state index contributed by atoms with van der Waals surface area (Å²) in [4.78, 5) is 0. The summed E-state index contributed by atoms with van der Waals surface area (Å²) in [6, 6.07) is 0. The van der Waals surface area contributed by atoms with Gasteiger partial charge in [-0.15, -0.1) is 0 Å². The Morgan fingerprint density at radius 1 is 0.647 bits per heavy atom. The topological polar surface area (TPSA) is 0 Å². The van der Waals surface area contributed by atoms with Crippen molar-refractivity contribution < 1.29 is 0 Å². The van der Waals surface area contributed by atoms with Gasteiger partial charge >= 0.3 is 0 Å². The molecule has 0 aromatic carbocycles. The van der Waals surface area contributed by atoms with Crippen LogP contribution in [0, 0.1) is 6.58 Å². The second-order valence-electron chi connectivity index (χ2n) is 4.90. The molecule has 0 aromatic heterocycles. The molecule has 0 saturated carbocycles. The van der Waals surface area contributed by atoms with Crippen molar-refractivity contribution >= 4 is 0 Å². The number of allylic oxidation sites excluding steroid dienone is 3. The first-order valence-corrected chi connectivity index (χ1v) is 7.60. The first-order chi connectivity index (χ1) is 8.41. The van der Waals surface area contributed by atoms with Crippen LogP contribution in [0.4, 0.5) is 0 Å². The number of hydrogen-bond acceptors (Lipinski definition) is 0. The van der Waals surface area contributed by atoms with E-state index in [9.17, 15) is 0 Å². The summed E-state index contributed by atoms with van der Waals surface area (Å²) >= 11 is 0. The largest absolute Gasteiger partial charge is 0.0885 e. The van der Waals surface area contributed by atoms with Gasteiger partial charge in [-0.1, -0.05) is 70.3 Å². The molecule has 0 bridgehead atoms. The zero-order chi connectivity index (χ0) is 12.6. The molecule has 0 unspecified atom stereocenters. The smallest absolute Gasteiger partial charge is 0.0348 e. The lowest BCUT2D eigenvalue weighted by Crippen LogP contribution is -1.77. The standard InChI is InChI=1S/C17H31/c1-3-5-7-9-11-13-15-17-16-14-12-10-8-6-4-2/h1,3,16-17H,4-15H2,2H3. The van der Waals surface area contributed by atoms with Crippen molar-refractivity contribution in [2.75, 3.05) is 0 Å². The fraction of sp³-hybridized carbons (Fsp3) is 0.765. The second kappa shape index (κ2) is 15.5. The Morgan fingerprint density at radius 2 is 1.12 bits per heavy atom. The summed E-state index contributed by atoms with van der Waals surface area (Å²) in [6.07, 6.45) is 22.4. The molecule has 0 nitrogen and oxygen atoms in total. The average Bonchev–Trinajstić information content (AvgIpc) is 2.35. The molecule has 0 spiro atoms. The predicted molar refractivity (Wildman–Crippen MR) is 79.1 cm³/mol. The van der Waals surface area contributed by atoms with Crippen LogP contribution >= 0.6 is 0 Å². The van der Waals surface area contributed by atoms with E-state index in [1.807, 2.05) is 0 Å². The molecule has 1 radical (unpaired) electrons. The van der Waals surface area contributed by atoms with Gasteiger partial charge in [0.2, 0.25) is 0 Å². The summed E-state index contributed by atoms with van der Waals surface area (Å²) in [5.41, 5.74) is 0. The minimum absolute atomic E-state index is 1.08. The van der Waals surface area contributed by atoms with Gasteiger partial charge in [0.15, 0.2) is 0 Å². The first-order valence-electron chi connectivity index (χ1n) is 7.60. The van der Waals surface area contributed by atoms with Crippen molar-refractivity contribution in [1.82, 2.24) is 0 Å². The van der Waals surface area contributed by atoms with Crippen LogP contribution < -0.4 is 0 Å². The minimum atomic E-state index is 1.08. The maximum atomic E-state index is 5.33. The van der Waals surface area contributed by atoms with Gasteiger partial charge in [0, 0.05) is 0 Å². The lowest BCUT2D eigenvalue weighted by molar-refractivity contribution is 0.635. The van der Waals surface area contributed by atoms with Crippen LogP contribution in [0.25, 0.3) is 0 Å². The zero-order valence-corrected chi connectivity index (χ0v) is 11.8. The first kappa shape index (κ1) is 16.5. The van der Waals surface area contributed by atoms with Gasteiger partial charge in [-0.3, -0.25) is 0 Å². The highest BCUT2D eigenvalue weighted by Crippen LogP contribution is 2.08. The van der Waals surface area contributed by atoms with Crippen molar-refractivity contribution in [3.05, 3.63) is 24.8 Å². The van der Waals surface area contributed by atoms with Gasteiger partial charge in [0.05, 0.1) is 0 Å². The van der Waals surface area contributed by atoms with E-state index in [1.165, 1.54) is 70.6 Å². The molecule has 0 aromatic rings. The van der Waals surface area contributed by atoms with E-state index in [1.54, 1.807) is 6.08 Å². The Balaban J connectivity index is 3.01. The highest BCUT2D eigenvalue weighted by atomic mass is 13.9. The molecule has 0 heterocycles. The second-order valence-corrected chi connectivity index (χ2v) is 4.90. The molecule has 0 saturated heterocycles. The van der Waals surface area contributed by atoms with E-state index < -0.39 is 0 Å². The molecule has 0 amide bonds. The van der Waals surface area contributed by atoms with E-state index in [-0.39, 0.29) is 0 Å². The van der Waals surface area contributed by atoms with Gasteiger partial charge in [-0.2, -0.15) is 0 Å². The molecule has 0 atom stereocenters. The number of hydrogen-bond donors (Lipinski definition) is 0. The fourth-order valence-corrected chi connectivity index (χ4v) is 1.98. The Morgan fingerprint density at radius 3 is 1.59 bits per heavy atom. The number of rotatable bonds is 13. The fourth-order valence-electron chi connectivity index (χ4n) is 1.98. The molecule has 99 valence electrons. The van der Waals surface area contributed by atoms with E-state index in [0.717, 1.165) is 6.42 Å². The van der Waals surface area contributed by atoms with E-state index >= 15 is 0 Å². The Hall–Kier alpha value is -0.520. The molecule has 0 fully saturated rings. The van der Waals surface area contributed by atoms with Crippen LogP contribution in [-0.2, 0) is 0 Å². The van der Waals surface area contributed by atoms with Gasteiger partial charge in [-0.25, -0.2) is 0 Å². The average molecular weight is 235 g/mol. The molecular weight excluding hydrogens is 204 g/mol. The van der Waals surface area contributed by atoms with Crippen molar-refractivity contribution in [3.8, 4) is 0 Å². The van der Waals surface area contributed by atoms with E-state index in [4.69, 9.17) is 6.58 Å². The lowest BCUT2D eigenvalue weighted by atomic mass is 10.1. The summed E-state index contributed by atoms with van der Waals surface area (Å²) in [5.74, 6) is 0. The summed E-state index contributed by atoms with van der Waals surface area (Å²) in [7, 11) is 0. The number of unbranched alkanes of at least 4 members (excludes halogenated alkanes) is 10. The van der Waals surface area contributed by atoms with E-state index in [2.05, 4.69) is 19.1 Å². The molecule has 0 aliphatic carbocycles. The van der Waals surface area contributed by atoms with Gasteiger partial charge in [0.1, 0.15) is 0 Å². The normalized spacial score (nSPS) is 11.1. The summed E-state index contributed by atoms with van der Waals surface area (Å²) in [6.45, 7) is 7.60. The van der Waals surface area contributed by atoms with Crippen molar-refractivity contribution in [1.29, 1.82) is 0 Å². The molecule has 0 heteroatoms. The third-order valence-electron chi connectivity index (χ3n) is 3.13. The van der Waals surface area contributed by atoms with E-state index in [0.29, 0.717) is 0 Å². The molecule has 0 rings (SSSR count). The van der Waals surface area contributed by atoms with Crippen molar-refractivity contribution in [3.63, 3.8) is 0 Å². The highest BCUT2D eigenvalue weighted by molar-refractivity contribution is 4.81. The van der Waals surface area contributed by atoms with Crippen LogP contribution in [0.15, 0.2) is 18.2 Å². The lowest BCUT2D eigenvalue weighted by Gasteiger charge is -1.97. The SMILES string of the molecule is [CH]=CCCCCCCC=CCCCCCCC. The maximum Gasteiger partial charge on any atom is -0.0348 e. The molecule has 17 heavy (non-hydrogen) atoms. The predicted octanol–water partition coefficient (Wildman–Crippen LogP) is 6.23. The molecular formula is C17H31. The Labute approximate surface area is 109 Å². The Bertz CT molecular complexity index is 167. The summed E-state index contributed by atoms with van der Waals surface area (Å²) in [5, 5.41) is 0. The van der Waals surface area contributed by atoms with Crippen LogP contribution in [0.5, 0.6) is 0 Å². The zero-order valence-electron chi connectivity index (χ0n) is 11.8. The van der Waals surface area contributed by atoms with Crippen LogP contribution in [0.3, 0.4) is 0 Å². The molecule has 0 aliphatic rings. The van der Waals surface area contributed by atoms with Gasteiger partial charge in [0.25, 0.3) is 0 Å². The summed E-state index contributed by atoms with van der Waals surface area (Å²) < 4.78 is 0. The Kier molecular flexibility index (Phi) is 15.0. The molecule has 0 N–H and O–H groups in total. The van der Waals surface area contributed by atoms with Gasteiger partial charge in [-0.05, 0) is 38.5 Å². The maximum absolute atomic E-state index is 5.33. The van der Waals surface area contributed by atoms with Crippen LogP contribution in [0.1, 0.15) is 84.0 Å². The third kappa shape index (κ3) is 15.5. The van der Waals surface area contributed by atoms with Crippen molar-refractivity contribution in [2.45, 2.75) is 84.0 Å². The van der Waals surface area contributed by atoms with Gasteiger partial charge < -0.3 is 0 Å². The third-order valence-corrected chi connectivity index (χ3v) is 3.13. The quantitative estimate of drug-likeness (QED) is 0.262.